The fraction of sp³-hybridized carbons (Fsp3) is 0.500. The smallest absolute Gasteiger partial charge is 0.0933 e. The summed E-state index contributed by atoms with van der Waals surface area (Å²) in [6, 6.07) is 10.2. The number of rotatable bonds is 5. The van der Waals surface area contributed by atoms with E-state index >= 15 is 0 Å². The van der Waals surface area contributed by atoms with Crippen LogP contribution in [0.4, 0.5) is 0 Å². The zero-order chi connectivity index (χ0) is 10.4. The normalized spacial score (nSPS) is 11.6. The average Bonchev–Trinajstić information content (AvgIpc) is 2.19. The Balaban J connectivity index is 2.29. The second-order valence-corrected chi connectivity index (χ2v) is 4.11. The van der Waals surface area contributed by atoms with Crippen molar-refractivity contribution in [3.8, 4) is 0 Å². The summed E-state index contributed by atoms with van der Waals surface area (Å²) in [6.07, 6.45) is 1.04. The van der Waals surface area contributed by atoms with E-state index in [1.807, 2.05) is 18.2 Å². The summed E-state index contributed by atoms with van der Waals surface area (Å²) in [6.45, 7) is 7.00. The van der Waals surface area contributed by atoms with Crippen LogP contribution in [0, 0.1) is 0 Å². The van der Waals surface area contributed by atoms with Gasteiger partial charge < -0.3 is 0 Å². The average molecular weight is 193 g/mol. The summed E-state index contributed by atoms with van der Waals surface area (Å²) in [4.78, 5) is 5.43. The molecule has 0 radical (unpaired) electrons. The van der Waals surface area contributed by atoms with Crippen molar-refractivity contribution in [2.45, 2.75) is 39.3 Å². The summed E-state index contributed by atoms with van der Waals surface area (Å²) in [5.74, 6) is 0. The maximum absolute atomic E-state index is 5.43. The van der Waals surface area contributed by atoms with E-state index in [9.17, 15) is 0 Å². The Morgan fingerprint density at radius 2 is 1.86 bits per heavy atom. The van der Waals surface area contributed by atoms with E-state index in [0.717, 1.165) is 6.42 Å². The first kappa shape index (κ1) is 11.2. The van der Waals surface area contributed by atoms with Gasteiger partial charge >= 0.3 is 0 Å². The fourth-order valence-corrected chi connectivity index (χ4v) is 0.961. The molecule has 0 spiro atoms. The van der Waals surface area contributed by atoms with Gasteiger partial charge in [0.2, 0.25) is 0 Å². The lowest BCUT2D eigenvalue weighted by Gasteiger charge is -2.23. The van der Waals surface area contributed by atoms with Crippen LogP contribution in [-0.4, -0.2) is 5.54 Å². The lowest BCUT2D eigenvalue weighted by Crippen LogP contribution is -2.38. The molecule has 1 N–H and O–H groups in total. The molecular weight excluding hydrogens is 174 g/mol. The van der Waals surface area contributed by atoms with Gasteiger partial charge in [0.15, 0.2) is 0 Å². The van der Waals surface area contributed by atoms with E-state index in [1.165, 1.54) is 5.56 Å². The van der Waals surface area contributed by atoms with Gasteiger partial charge in [0, 0.05) is 5.54 Å². The quantitative estimate of drug-likeness (QED) is 0.726. The van der Waals surface area contributed by atoms with Crippen LogP contribution in [0.1, 0.15) is 32.8 Å². The Hall–Kier alpha value is -0.860. The van der Waals surface area contributed by atoms with Crippen LogP contribution in [0.5, 0.6) is 0 Å². The van der Waals surface area contributed by atoms with E-state index in [0.29, 0.717) is 6.61 Å². The lowest BCUT2D eigenvalue weighted by molar-refractivity contribution is -0.0243. The van der Waals surface area contributed by atoms with Gasteiger partial charge in [-0.2, -0.15) is 5.48 Å². The third-order valence-corrected chi connectivity index (χ3v) is 2.31. The van der Waals surface area contributed by atoms with Crippen molar-refractivity contribution in [3.63, 3.8) is 0 Å². The van der Waals surface area contributed by atoms with E-state index in [4.69, 9.17) is 4.84 Å². The van der Waals surface area contributed by atoms with Gasteiger partial charge in [0.05, 0.1) is 6.61 Å². The molecule has 0 aliphatic rings. The molecule has 2 heteroatoms. The monoisotopic (exact) mass is 193 g/mol. The minimum Gasteiger partial charge on any atom is -0.297 e. The molecule has 1 rings (SSSR count). The van der Waals surface area contributed by atoms with E-state index in [1.54, 1.807) is 0 Å². The predicted octanol–water partition coefficient (Wildman–Crippen LogP) is 2.90. The first-order valence-corrected chi connectivity index (χ1v) is 5.07. The second-order valence-electron chi connectivity index (χ2n) is 4.11. The molecule has 0 amide bonds. The van der Waals surface area contributed by atoms with Crippen molar-refractivity contribution >= 4 is 0 Å². The number of nitrogens with one attached hydrogen (secondary N) is 1. The Kier molecular flexibility index (Phi) is 4.11. The molecule has 0 saturated heterocycles. The highest BCUT2D eigenvalue weighted by Crippen LogP contribution is 2.07. The number of benzene rings is 1. The Morgan fingerprint density at radius 1 is 1.21 bits per heavy atom. The summed E-state index contributed by atoms with van der Waals surface area (Å²) >= 11 is 0. The molecule has 1 aromatic rings. The van der Waals surface area contributed by atoms with Gasteiger partial charge in [-0.05, 0) is 25.8 Å². The van der Waals surface area contributed by atoms with Gasteiger partial charge in [0.25, 0.3) is 0 Å². The zero-order valence-electron chi connectivity index (χ0n) is 9.21. The highest BCUT2D eigenvalue weighted by molar-refractivity contribution is 5.13. The van der Waals surface area contributed by atoms with Crippen LogP contribution in [0.25, 0.3) is 0 Å². The van der Waals surface area contributed by atoms with Crippen molar-refractivity contribution in [2.24, 2.45) is 0 Å². The topological polar surface area (TPSA) is 21.3 Å². The Labute approximate surface area is 86.2 Å². The first-order valence-electron chi connectivity index (χ1n) is 5.07. The molecule has 0 saturated carbocycles. The molecule has 0 fully saturated rings. The van der Waals surface area contributed by atoms with Crippen LogP contribution in [0.3, 0.4) is 0 Å². The van der Waals surface area contributed by atoms with Crippen molar-refractivity contribution in [1.82, 2.24) is 5.48 Å². The highest BCUT2D eigenvalue weighted by atomic mass is 16.6. The van der Waals surface area contributed by atoms with Crippen LogP contribution >= 0.6 is 0 Å². The SMILES string of the molecule is CCC(C)(C)NOCc1ccccc1. The largest absolute Gasteiger partial charge is 0.297 e. The van der Waals surface area contributed by atoms with Gasteiger partial charge in [-0.25, -0.2) is 0 Å². The van der Waals surface area contributed by atoms with E-state index in [-0.39, 0.29) is 5.54 Å². The predicted molar refractivity (Wildman–Crippen MR) is 58.7 cm³/mol. The number of hydroxylamine groups is 1. The van der Waals surface area contributed by atoms with Gasteiger partial charge in [-0.3, -0.25) is 4.84 Å². The summed E-state index contributed by atoms with van der Waals surface area (Å²) in [5.41, 5.74) is 4.29. The molecule has 0 aliphatic heterocycles. The van der Waals surface area contributed by atoms with Crippen molar-refractivity contribution in [1.29, 1.82) is 0 Å². The minimum absolute atomic E-state index is 0.0504. The number of hydrogen-bond acceptors (Lipinski definition) is 2. The maximum Gasteiger partial charge on any atom is 0.0933 e. The van der Waals surface area contributed by atoms with Crippen LogP contribution < -0.4 is 5.48 Å². The van der Waals surface area contributed by atoms with Crippen LogP contribution in [0.15, 0.2) is 30.3 Å². The minimum atomic E-state index is 0.0504. The standard InChI is InChI=1S/C12H19NO/c1-4-12(2,3)13-14-10-11-8-6-5-7-9-11/h5-9,13H,4,10H2,1-3H3. The Bertz CT molecular complexity index is 256. The van der Waals surface area contributed by atoms with E-state index in [2.05, 4.69) is 38.4 Å². The summed E-state index contributed by atoms with van der Waals surface area (Å²) < 4.78 is 0. The third kappa shape index (κ3) is 3.90. The lowest BCUT2D eigenvalue weighted by atomic mass is 10.0. The second kappa shape index (κ2) is 5.13. The van der Waals surface area contributed by atoms with E-state index < -0.39 is 0 Å². The first-order chi connectivity index (χ1) is 6.64. The Morgan fingerprint density at radius 3 is 2.43 bits per heavy atom. The molecule has 1 aromatic carbocycles. The summed E-state index contributed by atoms with van der Waals surface area (Å²) in [7, 11) is 0. The van der Waals surface area contributed by atoms with Crippen molar-refractivity contribution in [3.05, 3.63) is 35.9 Å². The van der Waals surface area contributed by atoms with Gasteiger partial charge in [-0.1, -0.05) is 37.3 Å². The fourth-order valence-electron chi connectivity index (χ4n) is 0.961. The molecule has 0 bridgehead atoms. The van der Waals surface area contributed by atoms with Crippen molar-refractivity contribution < 1.29 is 4.84 Å². The summed E-state index contributed by atoms with van der Waals surface area (Å²) in [5, 5.41) is 0. The van der Waals surface area contributed by atoms with Crippen LogP contribution in [-0.2, 0) is 11.4 Å². The molecule has 2 nitrogen and oxygen atoms in total. The zero-order valence-corrected chi connectivity index (χ0v) is 9.21. The third-order valence-electron chi connectivity index (χ3n) is 2.31. The molecule has 0 heterocycles. The van der Waals surface area contributed by atoms with Crippen LogP contribution in [0.2, 0.25) is 0 Å². The molecule has 0 unspecified atom stereocenters. The maximum atomic E-state index is 5.43. The molecule has 0 aromatic heterocycles. The molecule has 0 aliphatic carbocycles. The highest BCUT2D eigenvalue weighted by Gasteiger charge is 2.13. The molecule has 0 atom stereocenters. The molecule has 78 valence electrons. The van der Waals surface area contributed by atoms with Gasteiger partial charge in [0.1, 0.15) is 0 Å². The molecular formula is C12H19NO. The number of hydrogen-bond donors (Lipinski definition) is 1. The van der Waals surface area contributed by atoms with Crippen molar-refractivity contribution in [2.75, 3.05) is 0 Å². The molecule has 14 heavy (non-hydrogen) atoms. The van der Waals surface area contributed by atoms with Gasteiger partial charge in [-0.15, -0.1) is 0 Å².